The monoisotopic (exact) mass is 1310 g/mol. The van der Waals surface area contributed by atoms with Crippen LogP contribution in [0.25, 0.3) is 0 Å². The Morgan fingerprint density at radius 2 is 0.753 bits per heavy atom. The largest absolute Gasteiger partial charge is 0.394 e. The molecule has 532 valence electrons. The summed E-state index contributed by atoms with van der Waals surface area (Å²) in [6, 6.07) is -1.04. The molecule has 17 atom stereocenters. The third kappa shape index (κ3) is 35.8. The van der Waals surface area contributed by atoms with Crippen LogP contribution in [0.5, 0.6) is 0 Å². The SMILES string of the molecule is CC/C=C\C/C=C\C/C=C\C/C=C\C/C=C\C/C=C\C/C=C\CCCC(=O)NC(COC1OC(CO)C(OC2OC(CO)C(OC3OC(CO)C(O)C(O)C3O)C(O)C2O)C(O)C1O)C(O)/C=C/CC/C=C/CC/C=C/CCCCCCCCCCCCCCCCC. The van der Waals surface area contributed by atoms with Gasteiger partial charge in [0.25, 0.3) is 0 Å². The predicted octanol–water partition coefficient (Wildman–Crippen LogP) is 9.60. The number of aliphatic hydroxyl groups excluding tert-OH is 11. The summed E-state index contributed by atoms with van der Waals surface area (Å²) in [5, 5.41) is 120. The highest BCUT2D eigenvalue weighted by Crippen LogP contribution is 2.33. The van der Waals surface area contributed by atoms with E-state index in [2.05, 4.69) is 116 Å². The summed E-state index contributed by atoms with van der Waals surface area (Å²) in [5.74, 6) is -0.352. The molecule has 3 heterocycles. The molecule has 0 spiro atoms. The number of hydrogen-bond donors (Lipinski definition) is 12. The average molecular weight is 1310 g/mol. The molecule has 1 amide bonds. The molecule has 3 aliphatic rings. The maximum absolute atomic E-state index is 13.4. The van der Waals surface area contributed by atoms with Gasteiger partial charge in [-0.3, -0.25) is 4.79 Å². The van der Waals surface area contributed by atoms with Gasteiger partial charge in [-0.2, -0.15) is 0 Å². The number of allylic oxidation sites excluding steroid dienone is 19. The van der Waals surface area contributed by atoms with Crippen LogP contribution in [-0.2, 0) is 33.2 Å². The average Bonchev–Trinajstić information content (AvgIpc) is 0.814. The smallest absolute Gasteiger partial charge is 0.220 e. The van der Waals surface area contributed by atoms with Crippen LogP contribution >= 0.6 is 0 Å². The van der Waals surface area contributed by atoms with Gasteiger partial charge in [0.2, 0.25) is 5.91 Å². The minimum atomic E-state index is -2.00. The Balaban J connectivity index is 1.48. The minimum Gasteiger partial charge on any atom is -0.394 e. The fraction of sp³-hybridized carbons (Fsp3) is 0.716. The molecule has 3 fully saturated rings. The first-order valence-electron chi connectivity index (χ1n) is 35.3. The molecule has 17 unspecified atom stereocenters. The summed E-state index contributed by atoms with van der Waals surface area (Å²) in [5.41, 5.74) is 0. The summed E-state index contributed by atoms with van der Waals surface area (Å²) >= 11 is 0. The lowest BCUT2D eigenvalue weighted by Crippen LogP contribution is -2.66. The van der Waals surface area contributed by atoms with Gasteiger partial charge in [0.15, 0.2) is 18.9 Å². The van der Waals surface area contributed by atoms with E-state index >= 15 is 0 Å². The van der Waals surface area contributed by atoms with Crippen LogP contribution in [0, 0.1) is 0 Å². The van der Waals surface area contributed by atoms with Gasteiger partial charge in [-0.15, -0.1) is 0 Å². The van der Waals surface area contributed by atoms with E-state index in [1.54, 1.807) is 6.08 Å². The van der Waals surface area contributed by atoms with Crippen molar-refractivity contribution in [3.8, 4) is 0 Å². The second-order valence-corrected chi connectivity index (χ2v) is 24.6. The summed E-state index contributed by atoms with van der Waals surface area (Å²) in [7, 11) is 0. The van der Waals surface area contributed by atoms with E-state index < -0.39 is 131 Å². The Hall–Kier alpha value is -3.81. The molecular weight excluding hydrogens is 1190 g/mol. The fourth-order valence-electron chi connectivity index (χ4n) is 11.0. The van der Waals surface area contributed by atoms with E-state index in [4.69, 9.17) is 28.4 Å². The Labute approximate surface area is 557 Å². The van der Waals surface area contributed by atoms with E-state index in [-0.39, 0.29) is 12.3 Å². The van der Waals surface area contributed by atoms with Crippen LogP contribution in [0.4, 0.5) is 0 Å². The van der Waals surface area contributed by atoms with Gasteiger partial charge in [0.05, 0.1) is 38.6 Å². The molecule has 3 aliphatic heterocycles. The number of ether oxygens (including phenoxy) is 6. The zero-order chi connectivity index (χ0) is 67.5. The first-order chi connectivity index (χ1) is 45.3. The van der Waals surface area contributed by atoms with Crippen LogP contribution in [0.15, 0.2) is 122 Å². The zero-order valence-corrected chi connectivity index (χ0v) is 56.2. The first kappa shape index (κ1) is 83.4. The van der Waals surface area contributed by atoms with Crippen molar-refractivity contribution in [2.75, 3.05) is 26.4 Å². The molecular formula is C74H123NO18. The van der Waals surface area contributed by atoms with Gasteiger partial charge in [-0.1, -0.05) is 225 Å². The summed E-state index contributed by atoms with van der Waals surface area (Å²) in [4.78, 5) is 13.4. The highest BCUT2D eigenvalue weighted by atomic mass is 16.8. The Bertz CT molecular complexity index is 2160. The lowest BCUT2D eigenvalue weighted by Gasteiger charge is -2.48. The maximum atomic E-state index is 13.4. The van der Waals surface area contributed by atoms with Crippen molar-refractivity contribution >= 4 is 5.91 Å². The number of aliphatic hydroxyl groups is 11. The fourth-order valence-corrected chi connectivity index (χ4v) is 11.0. The van der Waals surface area contributed by atoms with E-state index in [1.165, 1.54) is 96.3 Å². The van der Waals surface area contributed by atoms with Crippen molar-refractivity contribution in [1.29, 1.82) is 0 Å². The third-order valence-electron chi connectivity index (χ3n) is 16.7. The lowest BCUT2D eigenvalue weighted by molar-refractivity contribution is -0.379. The summed E-state index contributed by atoms with van der Waals surface area (Å²) < 4.78 is 34.3. The van der Waals surface area contributed by atoms with Crippen LogP contribution in [0.1, 0.15) is 206 Å². The molecule has 0 bridgehead atoms. The lowest BCUT2D eigenvalue weighted by atomic mass is 9.96. The minimum absolute atomic E-state index is 0.144. The van der Waals surface area contributed by atoms with Crippen molar-refractivity contribution in [2.45, 2.75) is 311 Å². The quantitative estimate of drug-likeness (QED) is 0.0199. The zero-order valence-electron chi connectivity index (χ0n) is 56.2. The number of carbonyl (C=O) groups excluding carboxylic acids is 1. The number of amides is 1. The summed E-state index contributed by atoms with van der Waals surface area (Å²) in [6.07, 6.45) is 47.5. The highest BCUT2D eigenvalue weighted by molar-refractivity contribution is 5.76. The Morgan fingerprint density at radius 1 is 0.398 bits per heavy atom. The number of rotatable bonds is 52. The van der Waals surface area contributed by atoms with Gasteiger partial charge < -0.3 is 89.9 Å². The molecule has 3 saturated heterocycles. The molecule has 19 heteroatoms. The van der Waals surface area contributed by atoms with Crippen LogP contribution < -0.4 is 5.32 Å². The van der Waals surface area contributed by atoms with Crippen molar-refractivity contribution in [2.24, 2.45) is 0 Å². The van der Waals surface area contributed by atoms with Crippen molar-refractivity contribution in [1.82, 2.24) is 5.32 Å². The molecule has 0 radical (unpaired) electrons. The van der Waals surface area contributed by atoms with Crippen molar-refractivity contribution < 1.29 is 89.4 Å². The van der Waals surface area contributed by atoms with Crippen LogP contribution in [0.2, 0.25) is 0 Å². The van der Waals surface area contributed by atoms with E-state index in [1.807, 2.05) is 18.2 Å². The molecule has 0 aromatic carbocycles. The molecule has 0 saturated carbocycles. The Morgan fingerprint density at radius 3 is 1.20 bits per heavy atom. The number of nitrogens with one attached hydrogen (secondary N) is 1. The van der Waals surface area contributed by atoms with Gasteiger partial charge in [-0.25, -0.2) is 0 Å². The van der Waals surface area contributed by atoms with Crippen LogP contribution in [-0.4, -0.2) is 193 Å². The second kappa shape index (κ2) is 54.2. The van der Waals surface area contributed by atoms with Crippen molar-refractivity contribution in [3.63, 3.8) is 0 Å². The molecule has 0 aromatic heterocycles. The summed E-state index contributed by atoms with van der Waals surface area (Å²) in [6.45, 7) is 1.54. The number of hydrogen-bond acceptors (Lipinski definition) is 18. The molecule has 93 heavy (non-hydrogen) atoms. The normalized spacial score (nSPS) is 28.3. The first-order valence-corrected chi connectivity index (χ1v) is 35.3. The third-order valence-corrected chi connectivity index (χ3v) is 16.7. The number of carbonyl (C=O) groups is 1. The van der Waals surface area contributed by atoms with Crippen LogP contribution in [0.3, 0.4) is 0 Å². The molecule has 12 N–H and O–H groups in total. The molecule has 3 rings (SSSR count). The maximum Gasteiger partial charge on any atom is 0.220 e. The molecule has 0 aromatic rings. The van der Waals surface area contributed by atoms with Gasteiger partial charge >= 0.3 is 0 Å². The predicted molar refractivity (Wildman–Crippen MR) is 364 cm³/mol. The van der Waals surface area contributed by atoms with Crippen molar-refractivity contribution in [3.05, 3.63) is 122 Å². The van der Waals surface area contributed by atoms with E-state index in [0.29, 0.717) is 19.3 Å². The second-order valence-electron chi connectivity index (χ2n) is 24.6. The van der Waals surface area contributed by atoms with E-state index in [9.17, 15) is 61.0 Å². The van der Waals surface area contributed by atoms with Gasteiger partial charge in [0.1, 0.15) is 73.2 Å². The Kier molecular flexibility index (Phi) is 48.6. The van der Waals surface area contributed by atoms with Gasteiger partial charge in [-0.05, 0) is 96.3 Å². The standard InChI is InChI=1S/C74H123NO18/c1-3-5-7-9-11-13-15-17-19-21-23-25-27-28-30-31-33-35-37-39-41-43-45-47-49-51-58(79)57(75-62(80)52-50-48-46-44-42-40-38-36-34-32-29-26-24-22-20-18-16-14-12-10-8-6-4-2)56-88-72-68(86)65(83)70(60(54-77)90-72)93-74-69(87)66(84)71(61(55-78)91-74)92-73-67(85)64(82)63(81)59(53-76)89-73/h6,8,12,14,18,20,24,26,32-35,38,40-41,43-44,46,49,51,57-61,63-74,76-79,81-87H,3-5,7,9-11,13,15-17,19,21-23,25,27-31,36-37,39,42,45,47-48,50,52-56H2,1-2H3,(H,75,80)/b8-6-,14-12-,20-18-,26-24-,34-32-,35-33+,40-38-,43-41+,46-44-,51-49+. The number of unbranched alkanes of at least 4 members (excludes halogenated alkanes) is 18. The molecule has 19 nitrogen and oxygen atoms in total. The van der Waals surface area contributed by atoms with E-state index in [0.717, 1.165) is 70.6 Å². The van der Waals surface area contributed by atoms with Gasteiger partial charge in [0, 0.05) is 6.42 Å². The molecule has 0 aliphatic carbocycles. The topological polar surface area (TPSA) is 307 Å². The highest BCUT2D eigenvalue weighted by Gasteiger charge is 2.53.